The predicted molar refractivity (Wildman–Crippen MR) is 149 cm³/mol. The van der Waals surface area contributed by atoms with Crippen LogP contribution >= 0.6 is 0 Å². The number of carbonyl (C=O) groups is 1. The van der Waals surface area contributed by atoms with Crippen molar-refractivity contribution in [2.75, 3.05) is 19.7 Å². The highest BCUT2D eigenvalue weighted by Gasteiger charge is 2.52. The molecule has 1 saturated heterocycles. The van der Waals surface area contributed by atoms with Gasteiger partial charge in [0.2, 0.25) is 0 Å². The second-order valence-electron chi connectivity index (χ2n) is 10.6. The van der Waals surface area contributed by atoms with Gasteiger partial charge in [-0.05, 0) is 67.8 Å². The molecule has 0 bridgehead atoms. The van der Waals surface area contributed by atoms with Crippen molar-refractivity contribution in [3.8, 4) is 22.5 Å². The molecule has 1 unspecified atom stereocenters. The van der Waals surface area contributed by atoms with Crippen molar-refractivity contribution in [3.05, 3.63) is 101 Å². The molecule has 4 aromatic rings. The van der Waals surface area contributed by atoms with Crippen LogP contribution in [0.4, 0.5) is 0 Å². The normalized spacial score (nSPS) is 18.4. The standard InChI is InChI=1S/C33H34N2O3/c1-3-37-32(36)33(18-19-33)27-15-13-25(14-16-27)28-11-7-8-12-29(28)31-30(23(2)34-38-31)22-35-20-17-26(21-35)24-9-5-4-6-10-24/h4-16,26H,3,17-22H2,1-2H3. The quantitative estimate of drug-likeness (QED) is 0.243. The van der Waals surface area contributed by atoms with E-state index in [0.717, 1.165) is 71.7 Å². The number of carbonyl (C=O) groups excluding carboxylic acids is 1. The van der Waals surface area contributed by atoms with Crippen molar-refractivity contribution in [2.24, 2.45) is 0 Å². The number of benzene rings is 3. The lowest BCUT2D eigenvalue weighted by Crippen LogP contribution is -2.23. The molecule has 194 valence electrons. The fraction of sp³-hybridized carbons (Fsp3) is 0.333. The van der Waals surface area contributed by atoms with E-state index in [1.807, 2.05) is 13.8 Å². The molecule has 2 aliphatic rings. The zero-order valence-electron chi connectivity index (χ0n) is 22.2. The van der Waals surface area contributed by atoms with Crippen LogP contribution in [0.1, 0.15) is 54.5 Å². The number of nitrogens with zero attached hydrogens (tertiary/aromatic N) is 2. The number of hydrogen-bond acceptors (Lipinski definition) is 5. The number of likely N-dealkylation sites (tertiary alicyclic amines) is 1. The molecule has 1 atom stereocenters. The SMILES string of the molecule is CCOC(=O)C1(c2ccc(-c3ccccc3-c3onc(C)c3CN3CCC(c4ccccc4)C3)cc2)CC1. The number of ether oxygens (including phenoxy) is 1. The molecule has 2 fully saturated rings. The van der Waals surface area contributed by atoms with E-state index in [2.05, 4.69) is 88.9 Å². The lowest BCUT2D eigenvalue weighted by molar-refractivity contribution is -0.146. The molecule has 0 amide bonds. The first kappa shape index (κ1) is 24.6. The summed E-state index contributed by atoms with van der Waals surface area (Å²) >= 11 is 0. The molecule has 2 heterocycles. The summed E-state index contributed by atoms with van der Waals surface area (Å²) in [6.45, 7) is 7.24. The first-order valence-electron chi connectivity index (χ1n) is 13.7. The van der Waals surface area contributed by atoms with Crippen molar-refractivity contribution in [3.63, 3.8) is 0 Å². The van der Waals surface area contributed by atoms with Crippen LogP contribution in [0, 0.1) is 6.92 Å². The van der Waals surface area contributed by atoms with Gasteiger partial charge < -0.3 is 9.26 Å². The Morgan fingerprint density at radius 1 is 1.00 bits per heavy atom. The third kappa shape index (κ3) is 4.56. The van der Waals surface area contributed by atoms with Gasteiger partial charge in [-0.15, -0.1) is 0 Å². The minimum absolute atomic E-state index is 0.105. The Labute approximate surface area is 224 Å². The monoisotopic (exact) mass is 506 g/mol. The highest BCUT2D eigenvalue weighted by atomic mass is 16.5. The van der Waals surface area contributed by atoms with Gasteiger partial charge in [-0.3, -0.25) is 9.69 Å². The molecule has 1 aromatic heterocycles. The third-order valence-electron chi connectivity index (χ3n) is 8.25. The van der Waals surface area contributed by atoms with Crippen molar-refractivity contribution < 1.29 is 14.1 Å². The Kier molecular flexibility index (Phi) is 6.62. The largest absolute Gasteiger partial charge is 0.465 e. The average Bonchev–Trinajstić information content (AvgIpc) is 3.51. The summed E-state index contributed by atoms with van der Waals surface area (Å²) in [6.07, 6.45) is 2.87. The number of esters is 1. The molecule has 0 radical (unpaired) electrons. The van der Waals surface area contributed by atoms with Crippen LogP contribution in [0.5, 0.6) is 0 Å². The minimum atomic E-state index is -0.462. The molecule has 0 N–H and O–H groups in total. The van der Waals surface area contributed by atoms with Gasteiger partial charge in [0.1, 0.15) is 0 Å². The van der Waals surface area contributed by atoms with E-state index in [1.165, 1.54) is 12.0 Å². The zero-order chi connectivity index (χ0) is 26.1. The Balaban J connectivity index is 1.25. The Hall–Kier alpha value is -3.70. The van der Waals surface area contributed by atoms with Gasteiger partial charge in [0.25, 0.3) is 0 Å². The second kappa shape index (κ2) is 10.2. The van der Waals surface area contributed by atoms with Crippen molar-refractivity contribution >= 4 is 5.97 Å². The molecule has 3 aromatic carbocycles. The molecular weight excluding hydrogens is 472 g/mol. The first-order valence-corrected chi connectivity index (χ1v) is 13.7. The molecule has 0 spiro atoms. The smallest absolute Gasteiger partial charge is 0.316 e. The summed E-state index contributed by atoms with van der Waals surface area (Å²) in [5, 5.41) is 4.39. The maximum atomic E-state index is 12.6. The maximum Gasteiger partial charge on any atom is 0.316 e. The maximum absolute atomic E-state index is 12.6. The molecule has 6 rings (SSSR count). The lowest BCUT2D eigenvalue weighted by atomic mass is 9.91. The first-order chi connectivity index (χ1) is 18.6. The summed E-state index contributed by atoms with van der Waals surface area (Å²) in [7, 11) is 0. The van der Waals surface area contributed by atoms with Crippen LogP contribution < -0.4 is 0 Å². The minimum Gasteiger partial charge on any atom is -0.465 e. The summed E-state index contributed by atoms with van der Waals surface area (Å²) in [5.74, 6) is 1.30. The van der Waals surface area contributed by atoms with Gasteiger partial charge in [-0.1, -0.05) is 84.0 Å². The third-order valence-corrected chi connectivity index (χ3v) is 8.25. The summed E-state index contributed by atoms with van der Waals surface area (Å²) in [6, 6.07) is 27.6. The number of rotatable bonds is 8. The van der Waals surface area contributed by atoms with Crippen LogP contribution in [0.2, 0.25) is 0 Å². The van der Waals surface area contributed by atoms with Gasteiger partial charge >= 0.3 is 5.97 Å². The lowest BCUT2D eigenvalue weighted by Gasteiger charge is -2.17. The van der Waals surface area contributed by atoms with E-state index in [0.29, 0.717) is 12.5 Å². The van der Waals surface area contributed by atoms with Gasteiger partial charge in [-0.2, -0.15) is 0 Å². The van der Waals surface area contributed by atoms with Crippen molar-refractivity contribution in [2.45, 2.75) is 51.0 Å². The molecule has 5 nitrogen and oxygen atoms in total. The van der Waals surface area contributed by atoms with E-state index >= 15 is 0 Å². The number of aromatic nitrogens is 1. The molecule has 38 heavy (non-hydrogen) atoms. The van der Waals surface area contributed by atoms with Gasteiger partial charge in [-0.25, -0.2) is 0 Å². The fourth-order valence-corrected chi connectivity index (χ4v) is 5.89. The van der Waals surface area contributed by atoms with E-state index in [9.17, 15) is 4.79 Å². The summed E-state index contributed by atoms with van der Waals surface area (Å²) in [5.41, 5.74) is 7.32. The van der Waals surface area contributed by atoms with Gasteiger partial charge in [0.15, 0.2) is 5.76 Å². The number of hydrogen-bond donors (Lipinski definition) is 0. The van der Waals surface area contributed by atoms with Crippen LogP contribution in [0.3, 0.4) is 0 Å². The van der Waals surface area contributed by atoms with E-state index in [-0.39, 0.29) is 5.97 Å². The number of aryl methyl sites for hydroxylation is 1. The van der Waals surface area contributed by atoms with Crippen LogP contribution in [0.15, 0.2) is 83.4 Å². The van der Waals surface area contributed by atoms with Crippen molar-refractivity contribution in [1.29, 1.82) is 0 Å². The van der Waals surface area contributed by atoms with Gasteiger partial charge in [0, 0.05) is 24.2 Å². The highest BCUT2D eigenvalue weighted by molar-refractivity contribution is 5.87. The molecule has 1 aliphatic carbocycles. The molecular formula is C33H34N2O3. The Bertz CT molecular complexity index is 1420. The second-order valence-corrected chi connectivity index (χ2v) is 10.6. The van der Waals surface area contributed by atoms with Gasteiger partial charge in [0.05, 0.1) is 17.7 Å². The average molecular weight is 507 g/mol. The fourth-order valence-electron chi connectivity index (χ4n) is 5.89. The van der Waals surface area contributed by atoms with Crippen molar-refractivity contribution in [1.82, 2.24) is 10.1 Å². The molecule has 1 aliphatic heterocycles. The molecule has 1 saturated carbocycles. The molecule has 5 heteroatoms. The Morgan fingerprint density at radius 3 is 2.42 bits per heavy atom. The summed E-state index contributed by atoms with van der Waals surface area (Å²) < 4.78 is 11.3. The highest BCUT2D eigenvalue weighted by Crippen LogP contribution is 2.49. The van der Waals surface area contributed by atoms with E-state index < -0.39 is 5.41 Å². The van der Waals surface area contributed by atoms with E-state index in [4.69, 9.17) is 9.26 Å². The van der Waals surface area contributed by atoms with E-state index in [1.54, 1.807) is 0 Å². The Morgan fingerprint density at radius 2 is 1.71 bits per heavy atom. The topological polar surface area (TPSA) is 55.6 Å². The summed E-state index contributed by atoms with van der Waals surface area (Å²) in [4.78, 5) is 15.1. The zero-order valence-corrected chi connectivity index (χ0v) is 22.2. The van der Waals surface area contributed by atoms with Crippen LogP contribution in [-0.4, -0.2) is 35.7 Å². The van der Waals surface area contributed by atoms with Crippen LogP contribution in [-0.2, 0) is 21.5 Å². The van der Waals surface area contributed by atoms with Crippen LogP contribution in [0.25, 0.3) is 22.5 Å². The predicted octanol–water partition coefficient (Wildman–Crippen LogP) is 6.90.